The van der Waals surface area contributed by atoms with E-state index in [1.54, 1.807) is 0 Å². The Bertz CT molecular complexity index is 316. The van der Waals surface area contributed by atoms with Crippen LogP contribution in [0.3, 0.4) is 0 Å². The fourth-order valence-corrected chi connectivity index (χ4v) is 1.66. The predicted octanol–water partition coefficient (Wildman–Crippen LogP) is 2.26. The number of anilines is 1. The zero-order valence-corrected chi connectivity index (χ0v) is 8.07. The van der Waals surface area contributed by atoms with Crippen LogP contribution in [-0.4, -0.2) is 18.6 Å². The summed E-state index contributed by atoms with van der Waals surface area (Å²) < 4.78 is 0. The summed E-state index contributed by atoms with van der Waals surface area (Å²) in [5, 5.41) is 0. The average Bonchev–Trinajstić information content (AvgIpc) is 2.47. The van der Waals surface area contributed by atoms with Crippen LogP contribution < -0.4 is 4.90 Å². The minimum Gasteiger partial charge on any atom is -0.361 e. The Balaban J connectivity index is 2.25. The van der Waals surface area contributed by atoms with Crippen LogP contribution in [0.5, 0.6) is 0 Å². The molecule has 0 bridgehead atoms. The van der Waals surface area contributed by atoms with Crippen molar-refractivity contribution >= 4 is 5.69 Å². The molecule has 0 spiro atoms. The van der Waals surface area contributed by atoms with E-state index >= 15 is 0 Å². The van der Waals surface area contributed by atoms with Gasteiger partial charge < -0.3 is 9.80 Å². The molecule has 0 aromatic heterocycles. The molecule has 0 amide bonds. The van der Waals surface area contributed by atoms with Crippen LogP contribution in [0, 0.1) is 0 Å². The Kier molecular flexibility index (Phi) is 1.97. The van der Waals surface area contributed by atoms with Gasteiger partial charge in [0, 0.05) is 24.6 Å². The molecule has 0 saturated carbocycles. The van der Waals surface area contributed by atoms with E-state index in [1.165, 1.54) is 11.4 Å². The van der Waals surface area contributed by atoms with Crippen LogP contribution in [0.25, 0.3) is 0 Å². The SMILES string of the molecule is CC1=CN(C)CN1c1ccccc1. The first kappa shape index (κ1) is 8.17. The second-order valence-corrected chi connectivity index (χ2v) is 3.43. The van der Waals surface area contributed by atoms with E-state index in [0.717, 1.165) is 6.67 Å². The Morgan fingerprint density at radius 2 is 1.85 bits per heavy atom. The standard InChI is InChI=1S/C11H14N2/c1-10-8-12(2)9-13(10)11-6-4-3-5-7-11/h3-8H,9H2,1-2H3. The van der Waals surface area contributed by atoms with Crippen LogP contribution in [0.15, 0.2) is 42.2 Å². The van der Waals surface area contributed by atoms with Gasteiger partial charge in [-0.3, -0.25) is 0 Å². The van der Waals surface area contributed by atoms with Gasteiger partial charge in [0.2, 0.25) is 0 Å². The smallest absolute Gasteiger partial charge is 0.0941 e. The van der Waals surface area contributed by atoms with E-state index in [4.69, 9.17) is 0 Å². The van der Waals surface area contributed by atoms with Crippen molar-refractivity contribution in [1.82, 2.24) is 4.90 Å². The van der Waals surface area contributed by atoms with Crippen molar-refractivity contribution < 1.29 is 0 Å². The molecule has 0 saturated heterocycles. The molecule has 13 heavy (non-hydrogen) atoms. The average molecular weight is 174 g/mol. The van der Waals surface area contributed by atoms with Crippen LogP contribution in [0.4, 0.5) is 5.69 Å². The summed E-state index contributed by atoms with van der Waals surface area (Å²) in [6.45, 7) is 3.09. The normalized spacial score (nSPS) is 16.3. The number of rotatable bonds is 1. The van der Waals surface area contributed by atoms with Crippen LogP contribution >= 0.6 is 0 Å². The first-order valence-corrected chi connectivity index (χ1v) is 4.48. The topological polar surface area (TPSA) is 6.48 Å². The lowest BCUT2D eigenvalue weighted by Gasteiger charge is -2.20. The predicted molar refractivity (Wildman–Crippen MR) is 55.3 cm³/mol. The van der Waals surface area contributed by atoms with E-state index in [1.807, 2.05) is 6.07 Å². The second-order valence-electron chi connectivity index (χ2n) is 3.43. The molecular weight excluding hydrogens is 160 g/mol. The van der Waals surface area contributed by atoms with Gasteiger partial charge in [-0.05, 0) is 19.1 Å². The maximum atomic E-state index is 2.29. The Morgan fingerprint density at radius 1 is 1.15 bits per heavy atom. The third kappa shape index (κ3) is 1.52. The number of hydrogen-bond acceptors (Lipinski definition) is 2. The van der Waals surface area contributed by atoms with Crippen molar-refractivity contribution in [2.24, 2.45) is 0 Å². The minimum absolute atomic E-state index is 0.954. The third-order valence-corrected chi connectivity index (χ3v) is 2.27. The van der Waals surface area contributed by atoms with Gasteiger partial charge in [0.05, 0.1) is 6.67 Å². The molecule has 0 radical (unpaired) electrons. The summed E-state index contributed by atoms with van der Waals surface area (Å²) in [7, 11) is 2.09. The Labute approximate surface area is 79.1 Å². The summed E-state index contributed by atoms with van der Waals surface area (Å²) >= 11 is 0. The lowest BCUT2D eigenvalue weighted by atomic mass is 10.3. The molecule has 1 aromatic carbocycles. The molecule has 0 aliphatic carbocycles. The maximum absolute atomic E-state index is 2.29. The monoisotopic (exact) mass is 174 g/mol. The highest BCUT2D eigenvalue weighted by Crippen LogP contribution is 2.22. The molecule has 68 valence electrons. The van der Waals surface area contributed by atoms with Crippen molar-refractivity contribution in [3.8, 4) is 0 Å². The molecule has 1 heterocycles. The van der Waals surface area contributed by atoms with Gasteiger partial charge in [-0.25, -0.2) is 0 Å². The van der Waals surface area contributed by atoms with Crippen molar-refractivity contribution in [3.05, 3.63) is 42.2 Å². The molecule has 2 rings (SSSR count). The summed E-state index contributed by atoms with van der Waals surface area (Å²) in [5.74, 6) is 0. The first-order valence-electron chi connectivity index (χ1n) is 4.48. The summed E-state index contributed by atoms with van der Waals surface area (Å²) in [4.78, 5) is 4.47. The quantitative estimate of drug-likeness (QED) is 0.644. The van der Waals surface area contributed by atoms with Crippen molar-refractivity contribution in [2.75, 3.05) is 18.6 Å². The molecule has 1 aliphatic heterocycles. The zero-order chi connectivity index (χ0) is 9.26. The summed E-state index contributed by atoms with van der Waals surface area (Å²) in [6, 6.07) is 10.5. The van der Waals surface area contributed by atoms with Crippen molar-refractivity contribution in [2.45, 2.75) is 6.92 Å². The van der Waals surface area contributed by atoms with Crippen LogP contribution in [-0.2, 0) is 0 Å². The van der Waals surface area contributed by atoms with Gasteiger partial charge in [-0.1, -0.05) is 18.2 Å². The van der Waals surface area contributed by atoms with Crippen molar-refractivity contribution in [3.63, 3.8) is 0 Å². The number of benzene rings is 1. The number of hydrogen-bond donors (Lipinski definition) is 0. The molecule has 1 aromatic rings. The highest BCUT2D eigenvalue weighted by atomic mass is 15.3. The summed E-state index contributed by atoms with van der Waals surface area (Å²) in [5.41, 5.74) is 2.56. The highest BCUT2D eigenvalue weighted by molar-refractivity contribution is 5.52. The van der Waals surface area contributed by atoms with Gasteiger partial charge >= 0.3 is 0 Å². The van der Waals surface area contributed by atoms with Crippen LogP contribution in [0.1, 0.15) is 6.92 Å². The highest BCUT2D eigenvalue weighted by Gasteiger charge is 2.15. The molecule has 2 heteroatoms. The number of allylic oxidation sites excluding steroid dienone is 1. The van der Waals surface area contributed by atoms with E-state index in [9.17, 15) is 0 Å². The lowest BCUT2D eigenvalue weighted by Crippen LogP contribution is -2.23. The fraction of sp³-hybridized carbons (Fsp3) is 0.273. The Morgan fingerprint density at radius 3 is 2.38 bits per heavy atom. The van der Waals surface area contributed by atoms with Gasteiger partial charge in [0.25, 0.3) is 0 Å². The van der Waals surface area contributed by atoms with E-state index < -0.39 is 0 Å². The lowest BCUT2D eigenvalue weighted by molar-refractivity contribution is 0.495. The van der Waals surface area contributed by atoms with Gasteiger partial charge in [-0.2, -0.15) is 0 Å². The zero-order valence-electron chi connectivity index (χ0n) is 8.07. The maximum Gasteiger partial charge on any atom is 0.0941 e. The van der Waals surface area contributed by atoms with Gasteiger partial charge in [0.15, 0.2) is 0 Å². The molecule has 0 N–H and O–H groups in total. The first-order chi connectivity index (χ1) is 6.27. The van der Waals surface area contributed by atoms with Gasteiger partial charge in [0.1, 0.15) is 0 Å². The third-order valence-electron chi connectivity index (χ3n) is 2.27. The van der Waals surface area contributed by atoms with Crippen molar-refractivity contribution in [1.29, 1.82) is 0 Å². The number of nitrogens with zero attached hydrogens (tertiary/aromatic N) is 2. The molecular formula is C11H14N2. The van der Waals surface area contributed by atoms with Crippen LogP contribution in [0.2, 0.25) is 0 Å². The van der Waals surface area contributed by atoms with E-state index in [-0.39, 0.29) is 0 Å². The molecule has 2 nitrogen and oxygen atoms in total. The molecule has 0 fully saturated rings. The number of para-hydroxylation sites is 1. The fourth-order valence-electron chi connectivity index (χ4n) is 1.66. The molecule has 1 aliphatic rings. The minimum atomic E-state index is 0.954. The largest absolute Gasteiger partial charge is 0.361 e. The summed E-state index contributed by atoms with van der Waals surface area (Å²) in [6.07, 6.45) is 2.16. The second kappa shape index (κ2) is 3.13. The van der Waals surface area contributed by atoms with E-state index in [0.29, 0.717) is 0 Å². The molecule has 0 atom stereocenters. The Hall–Kier alpha value is -1.44. The van der Waals surface area contributed by atoms with Gasteiger partial charge in [-0.15, -0.1) is 0 Å². The molecule has 0 unspecified atom stereocenters. The van der Waals surface area contributed by atoms with E-state index in [2.05, 4.69) is 54.2 Å².